The van der Waals surface area contributed by atoms with Gasteiger partial charge in [-0.25, -0.2) is 0 Å². The molecule has 2 atom stereocenters. The molecule has 1 saturated heterocycles. The number of aliphatic imine (C=N–C) groups is 1. The van der Waals surface area contributed by atoms with E-state index in [1.54, 1.807) is 0 Å². The van der Waals surface area contributed by atoms with Crippen LogP contribution < -0.4 is 5.32 Å². The Hall–Kier alpha value is -0.180. The summed E-state index contributed by atoms with van der Waals surface area (Å²) in [5.74, 6) is 2.02. The summed E-state index contributed by atoms with van der Waals surface area (Å²) in [5, 5.41) is 4.93. The molecule has 0 bridgehead atoms. The van der Waals surface area contributed by atoms with Crippen molar-refractivity contribution < 1.29 is 0 Å². The van der Waals surface area contributed by atoms with Crippen molar-refractivity contribution in [3.8, 4) is 0 Å². The molecule has 2 fully saturated rings. The third kappa shape index (κ3) is 3.04. The second-order valence-corrected chi connectivity index (χ2v) is 6.82. The fraction of sp³-hybridized carbons (Fsp3) is 0.933. The molecule has 0 aromatic rings. The Morgan fingerprint density at radius 3 is 2.56 bits per heavy atom. The minimum absolute atomic E-state index is 0.319. The highest BCUT2D eigenvalue weighted by molar-refractivity contribution is 8.14. The Morgan fingerprint density at radius 2 is 1.94 bits per heavy atom. The van der Waals surface area contributed by atoms with Gasteiger partial charge in [-0.15, -0.1) is 0 Å². The number of hydrogen-bond donors (Lipinski definition) is 1. The van der Waals surface area contributed by atoms with Crippen molar-refractivity contribution in [2.45, 2.75) is 77.3 Å². The molecule has 0 aromatic heterocycles. The highest BCUT2D eigenvalue weighted by atomic mass is 32.2. The molecule has 1 saturated carbocycles. The third-order valence-electron chi connectivity index (χ3n) is 4.89. The number of nitrogens with zero attached hydrogens (tertiary/aromatic N) is 1. The fourth-order valence-electron chi connectivity index (χ4n) is 3.19. The van der Waals surface area contributed by atoms with E-state index in [0.29, 0.717) is 11.6 Å². The van der Waals surface area contributed by atoms with Crippen LogP contribution in [0.15, 0.2) is 4.99 Å². The molecule has 104 valence electrons. The van der Waals surface area contributed by atoms with E-state index in [-0.39, 0.29) is 0 Å². The van der Waals surface area contributed by atoms with Crippen LogP contribution >= 0.6 is 11.8 Å². The van der Waals surface area contributed by atoms with Gasteiger partial charge < -0.3 is 5.32 Å². The highest BCUT2D eigenvalue weighted by Gasteiger charge is 2.34. The lowest BCUT2D eigenvalue weighted by atomic mass is 9.83. The van der Waals surface area contributed by atoms with E-state index in [2.05, 4.69) is 26.1 Å². The van der Waals surface area contributed by atoms with Gasteiger partial charge >= 0.3 is 0 Å². The van der Waals surface area contributed by atoms with Crippen molar-refractivity contribution in [1.82, 2.24) is 5.32 Å². The Labute approximate surface area is 116 Å². The van der Waals surface area contributed by atoms with Gasteiger partial charge in [-0.3, -0.25) is 4.99 Å². The van der Waals surface area contributed by atoms with E-state index in [1.807, 2.05) is 11.8 Å². The molecule has 1 aliphatic heterocycles. The van der Waals surface area contributed by atoms with Crippen LogP contribution in [-0.4, -0.2) is 22.5 Å². The molecule has 1 aliphatic carbocycles. The summed E-state index contributed by atoms with van der Waals surface area (Å²) in [6, 6.07) is 0.586. The second-order valence-electron chi connectivity index (χ2n) is 5.86. The standard InChI is InChI=1S/C15H28N2S/c1-4-12-9-7-8-10-13(12)16-14-17-15(5-2,6-3)11-18-14/h12-13H,4-11H2,1-3H3,(H,16,17). The van der Waals surface area contributed by atoms with Crippen molar-refractivity contribution >= 4 is 16.9 Å². The first-order valence-corrected chi connectivity index (χ1v) is 8.70. The molecule has 0 amide bonds. The number of amidine groups is 1. The maximum atomic E-state index is 5.05. The highest BCUT2D eigenvalue weighted by Crippen LogP contribution is 2.33. The van der Waals surface area contributed by atoms with Gasteiger partial charge in [0.05, 0.1) is 6.04 Å². The largest absolute Gasteiger partial charge is 0.359 e. The van der Waals surface area contributed by atoms with E-state index < -0.39 is 0 Å². The van der Waals surface area contributed by atoms with Crippen LogP contribution in [0.1, 0.15) is 65.7 Å². The molecule has 0 aromatic carbocycles. The summed E-state index contributed by atoms with van der Waals surface area (Å²) in [5.41, 5.74) is 0.319. The summed E-state index contributed by atoms with van der Waals surface area (Å²) in [7, 11) is 0. The van der Waals surface area contributed by atoms with Gasteiger partial charge in [0.15, 0.2) is 5.17 Å². The van der Waals surface area contributed by atoms with E-state index >= 15 is 0 Å². The molecule has 2 nitrogen and oxygen atoms in total. The van der Waals surface area contributed by atoms with Crippen LogP contribution in [0.2, 0.25) is 0 Å². The zero-order chi connectivity index (χ0) is 13.0. The van der Waals surface area contributed by atoms with Crippen molar-refractivity contribution in [3.05, 3.63) is 0 Å². The molecule has 0 radical (unpaired) electrons. The Balaban J connectivity index is 2.01. The summed E-state index contributed by atoms with van der Waals surface area (Å²) in [4.78, 5) is 5.05. The van der Waals surface area contributed by atoms with Crippen LogP contribution in [0.5, 0.6) is 0 Å². The quantitative estimate of drug-likeness (QED) is 0.826. The van der Waals surface area contributed by atoms with Crippen molar-refractivity contribution in [3.63, 3.8) is 0 Å². The van der Waals surface area contributed by atoms with Crippen LogP contribution in [0.25, 0.3) is 0 Å². The van der Waals surface area contributed by atoms with Crippen LogP contribution in [-0.2, 0) is 0 Å². The molecule has 2 aliphatic rings. The molecule has 3 heteroatoms. The van der Waals surface area contributed by atoms with E-state index in [4.69, 9.17) is 4.99 Å². The Kier molecular flexibility index (Phi) is 4.99. The molecule has 1 N–H and O–H groups in total. The number of thioether (sulfide) groups is 1. The Bertz CT molecular complexity index is 297. The van der Waals surface area contributed by atoms with Gasteiger partial charge in [0, 0.05) is 11.3 Å². The molecular formula is C15H28N2S. The summed E-state index contributed by atoms with van der Waals surface area (Å²) in [6.45, 7) is 6.89. The van der Waals surface area contributed by atoms with Crippen LogP contribution in [0.3, 0.4) is 0 Å². The lowest BCUT2D eigenvalue weighted by Crippen LogP contribution is -2.42. The van der Waals surface area contributed by atoms with E-state index in [0.717, 1.165) is 5.92 Å². The van der Waals surface area contributed by atoms with E-state index in [1.165, 1.54) is 55.9 Å². The van der Waals surface area contributed by atoms with Gasteiger partial charge in [-0.1, -0.05) is 51.8 Å². The maximum absolute atomic E-state index is 5.05. The first-order chi connectivity index (χ1) is 8.73. The lowest BCUT2D eigenvalue weighted by Gasteiger charge is -2.29. The minimum Gasteiger partial charge on any atom is -0.359 e. The SMILES string of the molecule is CCC1CCCCC1N=C1NC(CC)(CC)CS1. The van der Waals surface area contributed by atoms with Gasteiger partial charge in [0.25, 0.3) is 0 Å². The fourth-order valence-corrected chi connectivity index (χ4v) is 4.58. The first kappa shape index (κ1) is 14.2. The normalized spacial score (nSPS) is 33.6. The van der Waals surface area contributed by atoms with Gasteiger partial charge in [-0.2, -0.15) is 0 Å². The first-order valence-electron chi connectivity index (χ1n) is 7.71. The predicted molar refractivity (Wildman–Crippen MR) is 82.4 cm³/mol. The van der Waals surface area contributed by atoms with Crippen molar-refractivity contribution in [1.29, 1.82) is 0 Å². The molecular weight excluding hydrogens is 240 g/mol. The van der Waals surface area contributed by atoms with Gasteiger partial charge in [-0.05, 0) is 31.6 Å². The average Bonchev–Trinajstić information content (AvgIpc) is 2.83. The monoisotopic (exact) mass is 268 g/mol. The van der Waals surface area contributed by atoms with Crippen molar-refractivity contribution in [2.75, 3.05) is 5.75 Å². The molecule has 1 heterocycles. The number of nitrogens with one attached hydrogen (secondary N) is 1. The minimum atomic E-state index is 0.319. The summed E-state index contributed by atoms with van der Waals surface area (Å²) < 4.78 is 0. The number of rotatable bonds is 4. The third-order valence-corrected chi connectivity index (χ3v) is 6.07. The van der Waals surface area contributed by atoms with E-state index in [9.17, 15) is 0 Å². The maximum Gasteiger partial charge on any atom is 0.157 e. The zero-order valence-electron chi connectivity index (χ0n) is 12.2. The zero-order valence-corrected chi connectivity index (χ0v) is 13.0. The predicted octanol–water partition coefficient (Wildman–Crippen LogP) is 4.21. The molecule has 18 heavy (non-hydrogen) atoms. The van der Waals surface area contributed by atoms with Gasteiger partial charge in [0.2, 0.25) is 0 Å². The summed E-state index contributed by atoms with van der Waals surface area (Å²) >= 11 is 1.94. The average molecular weight is 268 g/mol. The Morgan fingerprint density at radius 1 is 1.22 bits per heavy atom. The van der Waals surface area contributed by atoms with Crippen molar-refractivity contribution in [2.24, 2.45) is 10.9 Å². The van der Waals surface area contributed by atoms with Crippen LogP contribution in [0, 0.1) is 5.92 Å². The molecule has 2 rings (SSSR count). The second kappa shape index (κ2) is 6.31. The smallest absolute Gasteiger partial charge is 0.157 e. The molecule has 2 unspecified atom stereocenters. The van der Waals surface area contributed by atoms with Gasteiger partial charge in [0.1, 0.15) is 0 Å². The number of hydrogen-bond acceptors (Lipinski definition) is 2. The summed E-state index contributed by atoms with van der Waals surface area (Å²) in [6.07, 6.45) is 9.17. The lowest BCUT2D eigenvalue weighted by molar-refractivity contribution is 0.301. The molecule has 0 spiro atoms. The topological polar surface area (TPSA) is 24.4 Å². The van der Waals surface area contributed by atoms with Crippen LogP contribution in [0.4, 0.5) is 0 Å².